The van der Waals surface area contributed by atoms with Crippen LogP contribution in [-0.4, -0.2) is 24.9 Å². The molecule has 2 amide bonds. The van der Waals surface area contributed by atoms with E-state index in [1.807, 2.05) is 0 Å². The van der Waals surface area contributed by atoms with Crippen LogP contribution in [0.25, 0.3) is 0 Å². The number of methoxy groups -OCH3 is 1. The lowest BCUT2D eigenvalue weighted by Crippen LogP contribution is -2.31. The van der Waals surface area contributed by atoms with Gasteiger partial charge in [0.25, 0.3) is 0 Å². The minimum atomic E-state index is -0.462. The molecule has 0 N–H and O–H groups in total. The van der Waals surface area contributed by atoms with Crippen molar-refractivity contribution in [1.82, 2.24) is 0 Å². The fraction of sp³-hybridized carbons (Fsp3) is 0.471. The van der Waals surface area contributed by atoms with E-state index in [-0.39, 0.29) is 23.7 Å². The van der Waals surface area contributed by atoms with Gasteiger partial charge >= 0.3 is 5.97 Å². The third kappa shape index (κ3) is 2.12. The highest BCUT2D eigenvalue weighted by atomic mass is 16.5. The highest BCUT2D eigenvalue weighted by Gasteiger charge is 2.49. The number of rotatable bonds is 2. The van der Waals surface area contributed by atoms with Crippen molar-refractivity contribution in [2.75, 3.05) is 12.0 Å². The molecule has 1 aliphatic carbocycles. The molecule has 1 saturated carbocycles. The van der Waals surface area contributed by atoms with Crippen LogP contribution in [0.3, 0.4) is 0 Å². The molecule has 3 rings (SSSR count). The van der Waals surface area contributed by atoms with Gasteiger partial charge in [0.15, 0.2) is 0 Å². The van der Waals surface area contributed by atoms with Crippen LogP contribution in [-0.2, 0) is 14.3 Å². The van der Waals surface area contributed by atoms with Crippen LogP contribution >= 0.6 is 0 Å². The van der Waals surface area contributed by atoms with Gasteiger partial charge in [-0.25, -0.2) is 9.69 Å². The minimum Gasteiger partial charge on any atom is -0.465 e. The molecule has 5 nitrogen and oxygen atoms in total. The molecule has 2 atom stereocenters. The summed E-state index contributed by atoms with van der Waals surface area (Å²) in [7, 11) is 1.31. The lowest BCUT2D eigenvalue weighted by atomic mass is 9.81. The van der Waals surface area contributed by atoms with Crippen molar-refractivity contribution in [3.8, 4) is 0 Å². The molecular formula is C17H19NO4. The molecule has 0 spiro atoms. The van der Waals surface area contributed by atoms with Gasteiger partial charge in [0.1, 0.15) is 0 Å². The van der Waals surface area contributed by atoms with Crippen molar-refractivity contribution in [2.45, 2.75) is 32.6 Å². The minimum absolute atomic E-state index is 0.125. The SMILES string of the molecule is COC(=O)c1cccc(N2C(=O)[C@H]3CCCC[C@H]3C2=O)c1C. The first kappa shape index (κ1) is 14.8. The van der Waals surface area contributed by atoms with Gasteiger partial charge in [-0.15, -0.1) is 0 Å². The predicted molar refractivity (Wildman–Crippen MR) is 80.5 cm³/mol. The Morgan fingerprint density at radius 3 is 2.27 bits per heavy atom. The third-order valence-corrected chi connectivity index (χ3v) is 4.79. The smallest absolute Gasteiger partial charge is 0.338 e. The van der Waals surface area contributed by atoms with Gasteiger partial charge in [0.2, 0.25) is 11.8 Å². The van der Waals surface area contributed by atoms with Crippen LogP contribution in [0.2, 0.25) is 0 Å². The van der Waals surface area contributed by atoms with E-state index in [0.29, 0.717) is 16.8 Å². The molecule has 5 heteroatoms. The number of nitrogens with zero attached hydrogens (tertiary/aromatic N) is 1. The summed E-state index contributed by atoms with van der Waals surface area (Å²) in [4.78, 5) is 38.4. The van der Waals surface area contributed by atoms with Crippen LogP contribution in [0.5, 0.6) is 0 Å². The average Bonchev–Trinajstić information content (AvgIpc) is 2.79. The molecular weight excluding hydrogens is 282 g/mol. The van der Waals surface area contributed by atoms with E-state index in [1.54, 1.807) is 25.1 Å². The van der Waals surface area contributed by atoms with Gasteiger partial charge in [0.05, 0.1) is 30.2 Å². The monoisotopic (exact) mass is 301 g/mol. The molecule has 0 unspecified atom stereocenters. The number of fused-ring (bicyclic) bond motifs is 1. The molecule has 1 aromatic rings. The van der Waals surface area contributed by atoms with Crippen molar-refractivity contribution < 1.29 is 19.1 Å². The number of carbonyl (C=O) groups excluding carboxylic acids is 3. The van der Waals surface area contributed by atoms with Gasteiger partial charge in [-0.1, -0.05) is 18.9 Å². The number of esters is 1. The summed E-state index contributed by atoms with van der Waals surface area (Å²) in [5.74, 6) is -1.10. The lowest BCUT2D eigenvalue weighted by molar-refractivity contribution is -0.122. The Morgan fingerprint density at radius 2 is 1.73 bits per heavy atom. The molecule has 2 aliphatic rings. The highest BCUT2D eigenvalue weighted by Crippen LogP contribution is 2.41. The summed E-state index contributed by atoms with van der Waals surface area (Å²) in [6, 6.07) is 5.04. The fourth-order valence-corrected chi connectivity index (χ4v) is 3.60. The van der Waals surface area contributed by atoms with E-state index < -0.39 is 5.97 Å². The van der Waals surface area contributed by atoms with Crippen LogP contribution in [0.15, 0.2) is 18.2 Å². The van der Waals surface area contributed by atoms with Crippen molar-refractivity contribution >= 4 is 23.5 Å². The Morgan fingerprint density at radius 1 is 1.14 bits per heavy atom. The van der Waals surface area contributed by atoms with Gasteiger partial charge in [-0.3, -0.25) is 9.59 Å². The first-order chi connectivity index (χ1) is 10.6. The quantitative estimate of drug-likeness (QED) is 0.622. The second kappa shape index (κ2) is 5.55. The highest BCUT2D eigenvalue weighted by molar-refractivity contribution is 6.22. The number of imide groups is 1. The molecule has 1 aliphatic heterocycles. The maximum Gasteiger partial charge on any atom is 0.338 e. The maximum atomic E-state index is 12.6. The van der Waals surface area contributed by atoms with E-state index in [1.165, 1.54) is 12.0 Å². The van der Waals surface area contributed by atoms with E-state index in [0.717, 1.165) is 25.7 Å². The number of hydrogen-bond donors (Lipinski definition) is 0. The largest absolute Gasteiger partial charge is 0.465 e. The average molecular weight is 301 g/mol. The van der Waals surface area contributed by atoms with Crippen molar-refractivity contribution in [3.05, 3.63) is 29.3 Å². The van der Waals surface area contributed by atoms with Gasteiger partial charge in [-0.05, 0) is 37.5 Å². The van der Waals surface area contributed by atoms with Gasteiger partial charge in [0, 0.05) is 0 Å². The summed E-state index contributed by atoms with van der Waals surface area (Å²) in [5, 5.41) is 0. The summed E-state index contributed by atoms with van der Waals surface area (Å²) < 4.78 is 4.76. The number of benzene rings is 1. The summed E-state index contributed by atoms with van der Waals surface area (Å²) in [6.07, 6.45) is 3.55. The molecule has 116 valence electrons. The summed E-state index contributed by atoms with van der Waals surface area (Å²) in [6.45, 7) is 1.74. The van der Waals surface area contributed by atoms with Crippen LogP contribution in [0.1, 0.15) is 41.6 Å². The molecule has 1 aromatic carbocycles. The first-order valence-electron chi connectivity index (χ1n) is 7.62. The molecule has 1 saturated heterocycles. The van der Waals surface area contributed by atoms with Crippen LogP contribution < -0.4 is 4.90 Å². The maximum absolute atomic E-state index is 12.6. The van der Waals surface area contributed by atoms with E-state index in [2.05, 4.69) is 0 Å². The number of anilines is 1. The molecule has 0 radical (unpaired) electrons. The zero-order valence-electron chi connectivity index (χ0n) is 12.8. The van der Waals surface area contributed by atoms with E-state index in [9.17, 15) is 14.4 Å². The number of ether oxygens (including phenoxy) is 1. The summed E-state index contributed by atoms with van der Waals surface area (Å²) >= 11 is 0. The Bertz CT molecular complexity index is 628. The third-order valence-electron chi connectivity index (χ3n) is 4.79. The Labute approximate surface area is 129 Å². The van der Waals surface area contributed by atoms with E-state index >= 15 is 0 Å². The standard InChI is InChI=1S/C17H19NO4/c1-10-11(17(21)22-2)8-5-9-14(10)18-15(19)12-6-3-4-7-13(12)16(18)20/h5,8-9,12-13H,3-4,6-7H2,1-2H3/t12-,13+. The Kier molecular flexibility index (Phi) is 3.72. The Hall–Kier alpha value is -2.17. The van der Waals surface area contributed by atoms with Crippen LogP contribution in [0, 0.1) is 18.8 Å². The van der Waals surface area contributed by atoms with Gasteiger partial charge in [-0.2, -0.15) is 0 Å². The summed E-state index contributed by atoms with van der Waals surface area (Å²) in [5.41, 5.74) is 1.50. The normalized spacial score (nSPS) is 24.4. The molecule has 0 aromatic heterocycles. The zero-order chi connectivity index (χ0) is 15.9. The van der Waals surface area contributed by atoms with Gasteiger partial charge < -0.3 is 4.74 Å². The van der Waals surface area contributed by atoms with Crippen molar-refractivity contribution in [2.24, 2.45) is 11.8 Å². The van der Waals surface area contributed by atoms with Crippen LogP contribution in [0.4, 0.5) is 5.69 Å². The second-order valence-electron chi connectivity index (χ2n) is 5.95. The zero-order valence-corrected chi connectivity index (χ0v) is 12.8. The fourth-order valence-electron chi connectivity index (χ4n) is 3.60. The first-order valence-corrected chi connectivity index (χ1v) is 7.62. The van der Waals surface area contributed by atoms with Crippen molar-refractivity contribution in [3.63, 3.8) is 0 Å². The molecule has 0 bridgehead atoms. The topological polar surface area (TPSA) is 63.7 Å². The molecule has 1 heterocycles. The van der Waals surface area contributed by atoms with Crippen molar-refractivity contribution in [1.29, 1.82) is 0 Å². The number of amides is 2. The predicted octanol–water partition coefficient (Wildman–Crippen LogP) is 2.46. The molecule has 22 heavy (non-hydrogen) atoms. The number of carbonyl (C=O) groups is 3. The number of hydrogen-bond acceptors (Lipinski definition) is 4. The molecule has 2 fully saturated rings. The second-order valence-corrected chi connectivity index (χ2v) is 5.95. The lowest BCUT2D eigenvalue weighted by Gasteiger charge is -2.19. The van der Waals surface area contributed by atoms with E-state index in [4.69, 9.17) is 4.74 Å². The Balaban J connectivity index is 2.02.